The first-order chi connectivity index (χ1) is 15.0. The molecule has 4 heterocycles. The van der Waals surface area contributed by atoms with Crippen molar-refractivity contribution >= 4 is 32.5 Å². The predicted molar refractivity (Wildman–Crippen MR) is 113 cm³/mol. The van der Waals surface area contributed by atoms with E-state index in [1.807, 2.05) is 6.92 Å². The number of aromatic nitrogens is 4. The van der Waals surface area contributed by atoms with E-state index < -0.39 is 11.8 Å². The average Bonchev–Trinajstić information content (AvgIpc) is 3.42. The molecule has 2 N–H and O–H groups in total. The summed E-state index contributed by atoms with van der Waals surface area (Å²) in [5, 5.41) is 9.45. The van der Waals surface area contributed by atoms with E-state index >= 15 is 0 Å². The Bertz CT molecular complexity index is 1090. The van der Waals surface area contributed by atoms with Gasteiger partial charge in [-0.15, -0.1) is 0 Å². The minimum atomic E-state index is -0.531. The molecule has 12 heteroatoms. The summed E-state index contributed by atoms with van der Waals surface area (Å²) in [5.41, 5.74) is 1.88. The van der Waals surface area contributed by atoms with Crippen LogP contribution >= 0.6 is 0 Å². The van der Waals surface area contributed by atoms with Crippen molar-refractivity contribution in [3.63, 3.8) is 0 Å². The Morgan fingerprint density at radius 3 is 2.84 bits per heavy atom. The molecule has 0 spiro atoms. The zero-order valence-corrected chi connectivity index (χ0v) is 16.9. The van der Waals surface area contributed by atoms with Crippen LogP contribution in [0.5, 0.6) is 0 Å². The molecule has 31 heavy (non-hydrogen) atoms. The third-order valence-electron chi connectivity index (χ3n) is 4.86. The molecule has 0 aliphatic carbocycles. The molecular weight excluding hydrogens is 398 g/mol. The average molecular weight is 417 g/mol. The predicted octanol–water partition coefficient (Wildman–Crippen LogP) is 1.28. The molecule has 0 unspecified atom stereocenters. The number of nitrogens with zero attached hydrogens (tertiary/aromatic N) is 4. The highest BCUT2D eigenvalue weighted by Crippen LogP contribution is 2.25. The molecule has 1 saturated heterocycles. The minimum absolute atomic E-state index is 0.0509. The van der Waals surface area contributed by atoms with Crippen molar-refractivity contribution in [2.24, 2.45) is 0 Å². The number of nitrogens with one attached hydrogen (secondary N) is 2. The van der Waals surface area contributed by atoms with Gasteiger partial charge in [-0.25, -0.2) is 4.98 Å². The summed E-state index contributed by atoms with van der Waals surface area (Å²) in [7, 11) is 6.32. The first kappa shape index (κ1) is 20.9. The van der Waals surface area contributed by atoms with Gasteiger partial charge in [-0.05, 0) is 31.9 Å². The molecular formula is C19H19B2N6O4. The molecule has 1 aliphatic rings. The van der Waals surface area contributed by atoms with Crippen molar-refractivity contribution < 1.29 is 18.7 Å². The van der Waals surface area contributed by atoms with Gasteiger partial charge < -0.3 is 19.7 Å². The maximum Gasteiger partial charge on any atom is 0.277 e. The standard InChI is InChI=1S/C19H19B2N6O4/c1-11-8-12(2-5-22-11)19-24-15(10-31-19)17(28)23-14-9-27(13-3-6-30-7-4-13)26-16(14)18(29)25-21-20/h2,5,8-10,13H,3-4,6-7H2,1H3,(H,23,28)(H,25,29). The Balaban J connectivity index is 1.56. The number of hydrogen-bond donors (Lipinski definition) is 2. The Labute approximate surface area is 180 Å². The van der Waals surface area contributed by atoms with Crippen LogP contribution in [0.25, 0.3) is 11.5 Å². The highest BCUT2D eigenvalue weighted by Gasteiger charge is 2.24. The van der Waals surface area contributed by atoms with E-state index in [1.54, 1.807) is 29.2 Å². The number of aryl methyl sites for hydroxylation is 1. The fourth-order valence-corrected chi connectivity index (χ4v) is 3.31. The molecule has 0 bridgehead atoms. The monoisotopic (exact) mass is 417 g/mol. The van der Waals surface area contributed by atoms with Crippen molar-refractivity contribution in [1.82, 2.24) is 25.0 Å². The van der Waals surface area contributed by atoms with Crippen LogP contribution in [0.1, 0.15) is 45.6 Å². The Kier molecular flexibility index (Phi) is 6.17. The molecule has 3 aromatic heterocycles. The highest BCUT2D eigenvalue weighted by molar-refractivity contribution is 6.89. The fraction of sp³-hybridized carbons (Fsp3) is 0.316. The van der Waals surface area contributed by atoms with E-state index in [2.05, 4.69) is 25.6 Å². The number of carbonyl (C=O) groups is 2. The number of oxazole rings is 1. The molecule has 3 aromatic rings. The maximum absolute atomic E-state index is 12.8. The molecule has 1 aliphatic heterocycles. The topological polar surface area (TPSA) is 124 Å². The van der Waals surface area contributed by atoms with Crippen molar-refractivity contribution in [2.75, 3.05) is 18.5 Å². The Morgan fingerprint density at radius 1 is 1.29 bits per heavy atom. The first-order valence-corrected chi connectivity index (χ1v) is 9.76. The normalized spacial score (nSPS) is 14.2. The number of hydrogen-bond acceptors (Lipinski definition) is 7. The lowest BCUT2D eigenvalue weighted by Gasteiger charge is -2.22. The van der Waals surface area contributed by atoms with Crippen LogP contribution in [-0.2, 0) is 4.74 Å². The summed E-state index contributed by atoms with van der Waals surface area (Å²) in [6, 6.07) is 3.61. The minimum Gasteiger partial charge on any atom is -0.444 e. The van der Waals surface area contributed by atoms with Crippen LogP contribution in [0.2, 0.25) is 0 Å². The number of ether oxygens (including phenoxy) is 1. The van der Waals surface area contributed by atoms with Gasteiger partial charge in [-0.1, -0.05) is 0 Å². The van der Waals surface area contributed by atoms with Crippen LogP contribution in [0.15, 0.2) is 35.2 Å². The molecule has 3 radical (unpaired) electrons. The third-order valence-corrected chi connectivity index (χ3v) is 4.86. The SMILES string of the molecule is [B][B]NC(=O)c1nn(C2CCOCC2)cc1NC(=O)c1coc(-c2ccnc(C)c2)n1. The quantitative estimate of drug-likeness (QED) is 0.579. The lowest BCUT2D eigenvalue weighted by molar-refractivity contribution is 0.0660. The lowest BCUT2D eigenvalue weighted by Crippen LogP contribution is -2.29. The maximum atomic E-state index is 12.8. The second-order valence-corrected chi connectivity index (χ2v) is 7.03. The smallest absolute Gasteiger partial charge is 0.277 e. The van der Waals surface area contributed by atoms with E-state index in [0.29, 0.717) is 24.7 Å². The van der Waals surface area contributed by atoms with E-state index in [9.17, 15) is 9.59 Å². The second kappa shape index (κ2) is 9.17. The molecule has 2 amide bonds. The van der Waals surface area contributed by atoms with Gasteiger partial charge in [0, 0.05) is 44.6 Å². The van der Waals surface area contributed by atoms with Crippen molar-refractivity contribution in [3.05, 3.63) is 47.9 Å². The van der Waals surface area contributed by atoms with E-state index in [0.717, 1.165) is 25.8 Å². The van der Waals surface area contributed by atoms with Crippen molar-refractivity contribution in [1.29, 1.82) is 0 Å². The Hall–Kier alpha value is -3.40. The Morgan fingerprint density at radius 2 is 2.10 bits per heavy atom. The van der Waals surface area contributed by atoms with Gasteiger partial charge in [0.1, 0.15) is 6.26 Å². The number of rotatable bonds is 6. The summed E-state index contributed by atoms with van der Waals surface area (Å²) in [4.78, 5) is 33.5. The molecule has 0 atom stereocenters. The van der Waals surface area contributed by atoms with Gasteiger partial charge >= 0.3 is 0 Å². The van der Waals surface area contributed by atoms with Gasteiger partial charge in [0.25, 0.3) is 11.8 Å². The van der Waals surface area contributed by atoms with E-state index in [1.165, 1.54) is 6.26 Å². The molecule has 4 rings (SSSR count). The van der Waals surface area contributed by atoms with Crippen LogP contribution < -0.4 is 10.5 Å². The molecule has 0 saturated carbocycles. The molecule has 155 valence electrons. The summed E-state index contributed by atoms with van der Waals surface area (Å²) in [6.45, 7) is 3.07. The van der Waals surface area contributed by atoms with Crippen molar-refractivity contribution in [2.45, 2.75) is 25.8 Å². The number of pyridine rings is 1. The zero-order chi connectivity index (χ0) is 21.8. The summed E-state index contributed by atoms with van der Waals surface area (Å²) in [5.74, 6) is -0.765. The van der Waals surface area contributed by atoms with Gasteiger partial charge in [-0.3, -0.25) is 19.3 Å². The number of amides is 2. The molecule has 0 aromatic carbocycles. The largest absolute Gasteiger partial charge is 0.444 e. The summed E-state index contributed by atoms with van der Waals surface area (Å²) in [6.07, 6.45) is 6.05. The first-order valence-electron chi connectivity index (χ1n) is 9.76. The lowest BCUT2D eigenvalue weighted by atomic mass is 9.67. The molecule has 1 fully saturated rings. The summed E-state index contributed by atoms with van der Waals surface area (Å²) < 4.78 is 12.5. The van der Waals surface area contributed by atoms with E-state index in [-0.39, 0.29) is 23.1 Å². The van der Waals surface area contributed by atoms with Gasteiger partial charge in [0.15, 0.2) is 18.7 Å². The van der Waals surface area contributed by atoms with Crippen LogP contribution in [0, 0.1) is 6.92 Å². The van der Waals surface area contributed by atoms with Gasteiger partial charge in [-0.2, -0.15) is 5.10 Å². The number of anilines is 1. The zero-order valence-electron chi connectivity index (χ0n) is 16.9. The number of carbonyl (C=O) groups excluding carboxylic acids is 2. The fourth-order valence-electron chi connectivity index (χ4n) is 3.31. The molecule has 10 nitrogen and oxygen atoms in total. The summed E-state index contributed by atoms with van der Waals surface area (Å²) >= 11 is 0. The van der Waals surface area contributed by atoms with Gasteiger partial charge in [0.2, 0.25) is 5.89 Å². The van der Waals surface area contributed by atoms with Crippen molar-refractivity contribution in [3.8, 4) is 11.5 Å². The van der Waals surface area contributed by atoms with Crippen LogP contribution in [0.4, 0.5) is 5.69 Å². The second-order valence-electron chi connectivity index (χ2n) is 7.03. The van der Waals surface area contributed by atoms with Crippen LogP contribution in [0.3, 0.4) is 0 Å². The third kappa shape index (κ3) is 4.69. The highest BCUT2D eigenvalue weighted by atomic mass is 16.5. The van der Waals surface area contributed by atoms with Crippen LogP contribution in [-0.4, -0.2) is 59.8 Å². The van der Waals surface area contributed by atoms with Gasteiger partial charge in [0.05, 0.1) is 11.7 Å². The van der Waals surface area contributed by atoms with E-state index in [4.69, 9.17) is 16.9 Å².